The van der Waals surface area contributed by atoms with Gasteiger partial charge in [0.1, 0.15) is 0 Å². The van der Waals surface area contributed by atoms with Crippen molar-refractivity contribution in [3.05, 3.63) is 307 Å². The van der Waals surface area contributed by atoms with E-state index in [1.165, 1.54) is 111 Å². The van der Waals surface area contributed by atoms with Crippen LogP contribution in [0.3, 0.4) is 0 Å². The van der Waals surface area contributed by atoms with Gasteiger partial charge in [0.05, 0.1) is 11.0 Å². The molecule has 0 radical (unpaired) electrons. The van der Waals surface area contributed by atoms with E-state index in [2.05, 4.69) is 289 Å². The lowest BCUT2D eigenvalue weighted by Crippen LogP contribution is -2.11. The Hall–Kier alpha value is -9.50. The van der Waals surface area contributed by atoms with Crippen molar-refractivity contribution in [3.8, 4) is 50.2 Å². The van der Waals surface area contributed by atoms with Gasteiger partial charge >= 0.3 is 0 Å². The van der Waals surface area contributed by atoms with E-state index in [0.29, 0.717) is 5.92 Å². The number of aromatic nitrogens is 1. The lowest BCUT2D eigenvalue weighted by atomic mass is 9.82. The first kappa shape index (κ1) is 44.0. The van der Waals surface area contributed by atoms with Gasteiger partial charge in [0, 0.05) is 45.4 Å². The molecule has 2 atom stereocenters. The van der Waals surface area contributed by atoms with Gasteiger partial charge in [-0.3, -0.25) is 0 Å². The maximum Gasteiger partial charge on any atom is 0.0541 e. The lowest BCUT2D eigenvalue weighted by Gasteiger charge is -2.28. The molecule has 358 valence electrons. The van der Waals surface area contributed by atoms with Crippen LogP contribution in [0.15, 0.2) is 285 Å². The maximum absolute atomic E-state index is 2.51. The minimum atomic E-state index is 0.286. The van der Waals surface area contributed by atoms with E-state index in [1.807, 2.05) is 0 Å². The number of anilines is 3. The predicted molar refractivity (Wildman–Crippen MR) is 320 cm³/mol. The molecule has 2 nitrogen and oxygen atoms in total. The number of para-hydroxylation sites is 1. The molecular formula is C74H52N2. The first-order valence-corrected chi connectivity index (χ1v) is 26.8. The normalized spacial score (nSPS) is 17.0. The fourth-order valence-corrected chi connectivity index (χ4v) is 12.9. The van der Waals surface area contributed by atoms with Crippen LogP contribution in [0.1, 0.15) is 41.0 Å². The summed E-state index contributed by atoms with van der Waals surface area (Å²) >= 11 is 0. The van der Waals surface area contributed by atoms with Crippen LogP contribution in [0, 0.1) is 5.92 Å². The lowest BCUT2D eigenvalue weighted by molar-refractivity contribution is 0.753. The molecule has 0 N–H and O–H groups in total. The summed E-state index contributed by atoms with van der Waals surface area (Å²) in [5, 5.41) is 2.48. The van der Waals surface area contributed by atoms with Crippen LogP contribution in [0.4, 0.5) is 17.1 Å². The molecule has 4 aliphatic carbocycles. The molecule has 0 aliphatic heterocycles. The van der Waals surface area contributed by atoms with Crippen molar-refractivity contribution >= 4 is 55.6 Å². The van der Waals surface area contributed by atoms with Crippen LogP contribution in [-0.4, -0.2) is 4.57 Å². The SMILES string of the molecule is C1=CC2/C(=C3\C4=C(C=CCC4)c4ccc(N(c5ccc(-c6ccc7c(c6)c6ccccc6n7-c6ccc(-c7ccccc7)cc6)cc5)c5cc(-c6ccccc6)cc(-c6ccccc6)c5)cc43)c3ccccc3C2C=C1. The van der Waals surface area contributed by atoms with Crippen LogP contribution in [0.5, 0.6) is 0 Å². The number of fused-ring (bicyclic) bond motifs is 8. The van der Waals surface area contributed by atoms with E-state index >= 15 is 0 Å². The molecule has 2 heteroatoms. The van der Waals surface area contributed by atoms with Crippen molar-refractivity contribution in [2.75, 3.05) is 4.90 Å². The van der Waals surface area contributed by atoms with Gasteiger partial charge < -0.3 is 9.47 Å². The third-order valence-corrected chi connectivity index (χ3v) is 16.4. The maximum atomic E-state index is 2.51. The smallest absolute Gasteiger partial charge is 0.0541 e. The Morgan fingerprint density at radius 3 is 1.70 bits per heavy atom. The van der Waals surface area contributed by atoms with Crippen molar-refractivity contribution in [2.45, 2.75) is 18.8 Å². The zero-order valence-electron chi connectivity index (χ0n) is 42.0. The van der Waals surface area contributed by atoms with Gasteiger partial charge in [-0.25, -0.2) is 0 Å². The summed E-state index contributed by atoms with van der Waals surface area (Å²) in [4.78, 5) is 2.49. The van der Waals surface area contributed by atoms with Crippen molar-refractivity contribution in [1.29, 1.82) is 0 Å². The van der Waals surface area contributed by atoms with E-state index in [1.54, 1.807) is 0 Å². The highest BCUT2D eigenvalue weighted by Gasteiger charge is 2.40. The Balaban J connectivity index is 0.885. The summed E-state index contributed by atoms with van der Waals surface area (Å²) in [5.41, 5.74) is 27.6. The molecule has 0 bridgehead atoms. The van der Waals surface area contributed by atoms with Crippen molar-refractivity contribution in [1.82, 2.24) is 4.57 Å². The minimum Gasteiger partial charge on any atom is -0.310 e. The van der Waals surface area contributed by atoms with E-state index < -0.39 is 0 Å². The second kappa shape index (κ2) is 18.2. The van der Waals surface area contributed by atoms with Gasteiger partial charge in [0.15, 0.2) is 0 Å². The number of hydrogen-bond acceptors (Lipinski definition) is 1. The molecule has 10 aromatic carbocycles. The highest BCUT2D eigenvalue weighted by molar-refractivity contribution is 6.14. The van der Waals surface area contributed by atoms with Crippen LogP contribution in [-0.2, 0) is 0 Å². The van der Waals surface area contributed by atoms with Crippen LogP contribution in [0.25, 0.3) is 88.7 Å². The quantitative estimate of drug-likeness (QED) is 0.147. The Kier molecular flexibility index (Phi) is 10.5. The van der Waals surface area contributed by atoms with Gasteiger partial charge in [0.2, 0.25) is 0 Å². The van der Waals surface area contributed by atoms with E-state index in [9.17, 15) is 0 Å². The highest BCUT2D eigenvalue weighted by Crippen LogP contribution is 2.58. The molecule has 0 amide bonds. The first-order chi connectivity index (χ1) is 37.7. The third kappa shape index (κ3) is 7.32. The molecule has 0 fully saturated rings. The fourth-order valence-electron chi connectivity index (χ4n) is 12.9. The molecule has 4 aliphatic rings. The van der Waals surface area contributed by atoms with Crippen molar-refractivity contribution in [3.63, 3.8) is 0 Å². The van der Waals surface area contributed by atoms with Gasteiger partial charge in [-0.15, -0.1) is 0 Å². The Morgan fingerprint density at radius 1 is 0.382 bits per heavy atom. The van der Waals surface area contributed by atoms with Gasteiger partial charge in [0.25, 0.3) is 0 Å². The molecule has 1 aromatic heterocycles. The largest absolute Gasteiger partial charge is 0.310 e. The van der Waals surface area contributed by atoms with Crippen LogP contribution < -0.4 is 4.90 Å². The molecule has 2 unspecified atom stereocenters. The molecule has 76 heavy (non-hydrogen) atoms. The van der Waals surface area contributed by atoms with Crippen molar-refractivity contribution < 1.29 is 0 Å². The summed E-state index contributed by atoms with van der Waals surface area (Å²) < 4.78 is 2.41. The zero-order chi connectivity index (χ0) is 50.1. The first-order valence-electron chi connectivity index (χ1n) is 26.8. The van der Waals surface area contributed by atoms with E-state index in [-0.39, 0.29) is 5.92 Å². The van der Waals surface area contributed by atoms with E-state index in [4.69, 9.17) is 0 Å². The zero-order valence-corrected chi connectivity index (χ0v) is 42.0. The summed E-state index contributed by atoms with van der Waals surface area (Å²) in [6.45, 7) is 0. The third-order valence-electron chi connectivity index (χ3n) is 16.4. The fraction of sp³-hybridized carbons (Fsp3) is 0.0541. The molecule has 11 aromatic rings. The highest BCUT2D eigenvalue weighted by atomic mass is 15.1. The summed E-state index contributed by atoms with van der Waals surface area (Å²) in [7, 11) is 0. The minimum absolute atomic E-state index is 0.286. The Labute approximate surface area is 444 Å². The molecule has 0 spiro atoms. The second-order valence-corrected chi connectivity index (χ2v) is 20.6. The number of nitrogens with zero attached hydrogens (tertiary/aromatic N) is 2. The number of allylic oxidation sites excluding steroid dienone is 10. The topological polar surface area (TPSA) is 8.17 Å². The van der Waals surface area contributed by atoms with Gasteiger partial charge in [-0.2, -0.15) is 0 Å². The standard InChI is InChI=1S/C74H52N2/c1-4-18-49(19-5-1)52-32-39-58(40-33-52)76-71-31-17-16-27-65(71)69-47-54(36-43-72(69)76)53-34-37-57(38-35-53)75(60-45-55(50-20-6-2-7-21-50)44-56(46-60)51-22-8-3-9-23-51)59-41-42-64-63-26-12-15-30-68(63)74(70(64)48-59)73-66-28-13-10-24-61(66)62-25-11-14-29-67(62)73/h1-14,16-29,31-48,61,66H,15,30H2/b74-73-. The molecule has 15 rings (SSSR count). The molecule has 1 heterocycles. The Morgan fingerprint density at radius 2 is 0.961 bits per heavy atom. The van der Waals surface area contributed by atoms with Gasteiger partial charge in [-0.05, 0) is 175 Å². The van der Waals surface area contributed by atoms with E-state index in [0.717, 1.165) is 35.6 Å². The molecule has 0 saturated carbocycles. The summed E-state index contributed by atoms with van der Waals surface area (Å²) in [5.74, 6) is 0.622. The van der Waals surface area contributed by atoms with Gasteiger partial charge in [-0.1, -0.05) is 206 Å². The average Bonchev–Trinajstić information content (AvgIpc) is 4.19. The summed E-state index contributed by atoms with van der Waals surface area (Å²) in [6.07, 6.45) is 16.2. The van der Waals surface area contributed by atoms with Crippen LogP contribution >= 0.6 is 0 Å². The number of rotatable bonds is 8. The number of benzene rings is 10. The Bertz CT molecular complexity index is 4180. The molecule has 0 saturated heterocycles. The predicted octanol–water partition coefficient (Wildman–Crippen LogP) is 19.8. The van der Waals surface area contributed by atoms with Crippen LogP contribution in [0.2, 0.25) is 0 Å². The molecular weight excluding hydrogens is 917 g/mol. The average molecular weight is 969 g/mol. The van der Waals surface area contributed by atoms with Crippen molar-refractivity contribution in [2.24, 2.45) is 5.92 Å². The summed E-state index contributed by atoms with van der Waals surface area (Å²) in [6, 6.07) is 89.8. The number of hydrogen-bond donors (Lipinski definition) is 0. The monoisotopic (exact) mass is 968 g/mol. The second-order valence-electron chi connectivity index (χ2n) is 20.6.